The van der Waals surface area contributed by atoms with E-state index in [-0.39, 0.29) is 23.8 Å². The third kappa shape index (κ3) is 4.76. The van der Waals surface area contributed by atoms with Crippen LogP contribution in [0.15, 0.2) is 66.7 Å². The van der Waals surface area contributed by atoms with Gasteiger partial charge in [-0.15, -0.1) is 0 Å². The number of aliphatic carboxylic acids is 1. The Morgan fingerprint density at radius 1 is 0.971 bits per heavy atom. The van der Waals surface area contributed by atoms with Gasteiger partial charge in [-0.3, -0.25) is 9.59 Å². The lowest BCUT2D eigenvalue weighted by atomic mass is 9.98. The number of carbonyl (C=O) groups is 3. The molecule has 0 saturated carbocycles. The minimum Gasteiger partial charge on any atom is -0.481 e. The number of alkyl carbamates (subject to hydrolysis) is 1. The van der Waals surface area contributed by atoms with Gasteiger partial charge < -0.3 is 20.5 Å². The van der Waals surface area contributed by atoms with Gasteiger partial charge in [-0.2, -0.15) is 0 Å². The number of hydrogen-bond acceptors (Lipinski definition) is 4. The highest BCUT2D eigenvalue weighted by Gasteiger charge is 2.30. The highest BCUT2D eigenvalue weighted by atomic mass is 19.1. The van der Waals surface area contributed by atoms with Crippen LogP contribution in [0.1, 0.15) is 29.0 Å². The number of amides is 2. The van der Waals surface area contributed by atoms with E-state index in [0.717, 1.165) is 22.3 Å². The molecule has 3 aromatic rings. The Bertz CT molecular complexity index is 1210. The van der Waals surface area contributed by atoms with Crippen LogP contribution in [0.4, 0.5) is 14.9 Å². The lowest BCUT2D eigenvalue weighted by Gasteiger charge is -2.19. The Kier molecular flexibility index (Phi) is 6.58. The van der Waals surface area contributed by atoms with Crippen molar-refractivity contribution in [2.75, 3.05) is 11.9 Å². The number of carboxylic acid groups (broad SMARTS) is 1. The zero-order valence-corrected chi connectivity index (χ0v) is 18.4. The smallest absolute Gasteiger partial charge is 0.407 e. The van der Waals surface area contributed by atoms with Crippen LogP contribution in [0.5, 0.6) is 0 Å². The lowest BCUT2D eigenvalue weighted by Crippen LogP contribution is -2.45. The summed E-state index contributed by atoms with van der Waals surface area (Å²) >= 11 is 0. The van der Waals surface area contributed by atoms with Crippen molar-refractivity contribution in [2.24, 2.45) is 0 Å². The number of hydrogen-bond donors (Lipinski definition) is 3. The molecule has 0 bridgehead atoms. The number of carbonyl (C=O) groups excluding carboxylic acids is 2. The molecule has 8 heteroatoms. The van der Waals surface area contributed by atoms with E-state index in [1.807, 2.05) is 48.5 Å². The van der Waals surface area contributed by atoms with Crippen LogP contribution in [0.25, 0.3) is 11.1 Å². The molecule has 0 aliphatic heterocycles. The minimum absolute atomic E-state index is 0.0181. The molecule has 0 aromatic heterocycles. The lowest BCUT2D eigenvalue weighted by molar-refractivity contribution is -0.139. The quantitative estimate of drug-likeness (QED) is 0.481. The number of benzene rings is 3. The van der Waals surface area contributed by atoms with E-state index in [1.54, 1.807) is 0 Å². The van der Waals surface area contributed by atoms with Crippen LogP contribution in [0, 0.1) is 12.7 Å². The molecule has 0 radical (unpaired) electrons. The van der Waals surface area contributed by atoms with Crippen molar-refractivity contribution < 1.29 is 28.6 Å². The standard InChI is InChI=1S/C26H23FN2O5/c1-15-21(27)11-6-12-22(15)28-25(32)23(13-24(30)31)29-26(33)34-14-20-18-9-4-2-7-16(18)17-8-3-5-10-19(17)20/h2-12,20,23H,13-14H2,1H3,(H,28,32)(H,29,33)(H,30,31). The Morgan fingerprint density at radius 2 is 1.59 bits per heavy atom. The molecule has 4 rings (SSSR count). The molecule has 2 amide bonds. The fourth-order valence-corrected chi connectivity index (χ4v) is 4.13. The number of carboxylic acids is 1. The van der Waals surface area contributed by atoms with Crippen molar-refractivity contribution in [3.63, 3.8) is 0 Å². The topological polar surface area (TPSA) is 105 Å². The molecule has 34 heavy (non-hydrogen) atoms. The Balaban J connectivity index is 1.44. The summed E-state index contributed by atoms with van der Waals surface area (Å²) in [5.41, 5.74) is 4.58. The zero-order valence-electron chi connectivity index (χ0n) is 18.4. The summed E-state index contributed by atoms with van der Waals surface area (Å²) in [6, 6.07) is 18.4. The van der Waals surface area contributed by atoms with Gasteiger partial charge in [-0.1, -0.05) is 54.6 Å². The molecule has 1 atom stereocenters. The second-order valence-corrected chi connectivity index (χ2v) is 8.02. The van der Waals surface area contributed by atoms with Gasteiger partial charge in [0.05, 0.1) is 6.42 Å². The van der Waals surface area contributed by atoms with E-state index in [2.05, 4.69) is 10.6 Å². The van der Waals surface area contributed by atoms with E-state index < -0.39 is 36.2 Å². The molecule has 0 saturated heterocycles. The highest BCUT2D eigenvalue weighted by molar-refractivity contribution is 5.99. The molecular formula is C26H23FN2O5. The number of fused-ring (bicyclic) bond motifs is 3. The molecule has 3 aromatic carbocycles. The number of rotatable bonds is 7. The van der Waals surface area contributed by atoms with Gasteiger partial charge in [-0.25, -0.2) is 9.18 Å². The van der Waals surface area contributed by atoms with Gasteiger partial charge >= 0.3 is 12.1 Å². The molecule has 1 aliphatic rings. The Labute approximate surface area is 195 Å². The van der Waals surface area contributed by atoms with Crippen LogP contribution in [-0.2, 0) is 14.3 Å². The Morgan fingerprint density at radius 3 is 2.21 bits per heavy atom. The molecule has 1 unspecified atom stereocenters. The van der Waals surface area contributed by atoms with Crippen molar-refractivity contribution in [3.8, 4) is 11.1 Å². The summed E-state index contributed by atoms with van der Waals surface area (Å²) in [5.74, 6) is -2.77. The van der Waals surface area contributed by atoms with Gasteiger partial charge in [0.1, 0.15) is 18.5 Å². The summed E-state index contributed by atoms with van der Waals surface area (Å²) < 4.78 is 19.2. The first-order valence-corrected chi connectivity index (χ1v) is 10.7. The van der Waals surface area contributed by atoms with E-state index >= 15 is 0 Å². The summed E-state index contributed by atoms with van der Waals surface area (Å²) in [6.45, 7) is 1.50. The maximum absolute atomic E-state index is 13.8. The van der Waals surface area contributed by atoms with Crippen LogP contribution >= 0.6 is 0 Å². The largest absolute Gasteiger partial charge is 0.481 e. The van der Waals surface area contributed by atoms with Gasteiger partial charge in [0.2, 0.25) is 5.91 Å². The average molecular weight is 462 g/mol. The van der Waals surface area contributed by atoms with E-state index in [4.69, 9.17) is 4.74 Å². The van der Waals surface area contributed by atoms with Gasteiger partial charge in [-0.05, 0) is 41.3 Å². The van der Waals surface area contributed by atoms with Crippen LogP contribution < -0.4 is 10.6 Å². The molecule has 3 N–H and O–H groups in total. The average Bonchev–Trinajstić information content (AvgIpc) is 3.14. The van der Waals surface area contributed by atoms with Crippen LogP contribution in [0.3, 0.4) is 0 Å². The third-order valence-electron chi connectivity index (χ3n) is 5.86. The van der Waals surface area contributed by atoms with E-state index in [9.17, 15) is 23.9 Å². The normalized spacial score (nSPS) is 12.9. The monoisotopic (exact) mass is 462 g/mol. The van der Waals surface area contributed by atoms with Crippen LogP contribution in [-0.4, -0.2) is 35.7 Å². The molecule has 0 spiro atoms. The second-order valence-electron chi connectivity index (χ2n) is 8.02. The van der Waals surface area contributed by atoms with Gasteiger partial charge in [0.25, 0.3) is 0 Å². The molecule has 1 aliphatic carbocycles. The van der Waals surface area contributed by atoms with Crippen molar-refractivity contribution >= 4 is 23.7 Å². The number of halogens is 1. The van der Waals surface area contributed by atoms with E-state index in [0.29, 0.717) is 0 Å². The second kappa shape index (κ2) is 9.74. The molecule has 0 fully saturated rings. The first-order chi connectivity index (χ1) is 16.3. The molecular weight excluding hydrogens is 439 g/mol. The van der Waals surface area contributed by atoms with Crippen molar-refractivity contribution in [1.82, 2.24) is 5.32 Å². The fourth-order valence-electron chi connectivity index (χ4n) is 4.13. The minimum atomic E-state index is -1.41. The van der Waals surface area contributed by atoms with Crippen molar-refractivity contribution in [2.45, 2.75) is 25.3 Å². The predicted molar refractivity (Wildman–Crippen MR) is 124 cm³/mol. The summed E-state index contributed by atoms with van der Waals surface area (Å²) in [5, 5.41) is 14.0. The number of anilines is 1. The van der Waals surface area contributed by atoms with Crippen molar-refractivity contribution in [3.05, 3.63) is 89.2 Å². The maximum atomic E-state index is 13.8. The maximum Gasteiger partial charge on any atom is 0.407 e. The summed E-state index contributed by atoms with van der Waals surface area (Å²) in [7, 11) is 0. The van der Waals surface area contributed by atoms with Gasteiger partial charge in [0, 0.05) is 17.2 Å². The SMILES string of the molecule is Cc1c(F)cccc1NC(=O)C(CC(=O)O)NC(=O)OCC1c2ccccc2-c2ccccc21. The fraction of sp³-hybridized carbons (Fsp3) is 0.192. The number of ether oxygens (including phenoxy) is 1. The third-order valence-corrected chi connectivity index (χ3v) is 5.86. The van der Waals surface area contributed by atoms with E-state index in [1.165, 1.54) is 25.1 Å². The summed E-state index contributed by atoms with van der Waals surface area (Å²) in [4.78, 5) is 36.5. The zero-order chi connectivity index (χ0) is 24.2. The van der Waals surface area contributed by atoms with Crippen molar-refractivity contribution in [1.29, 1.82) is 0 Å². The molecule has 174 valence electrons. The molecule has 0 heterocycles. The molecule has 7 nitrogen and oxygen atoms in total. The van der Waals surface area contributed by atoms with Crippen LogP contribution in [0.2, 0.25) is 0 Å². The predicted octanol–water partition coefficient (Wildman–Crippen LogP) is 4.45. The number of nitrogens with one attached hydrogen (secondary N) is 2. The van der Waals surface area contributed by atoms with Gasteiger partial charge in [0.15, 0.2) is 0 Å². The first kappa shape index (κ1) is 23.0. The highest BCUT2D eigenvalue weighted by Crippen LogP contribution is 2.44. The summed E-state index contributed by atoms with van der Waals surface area (Å²) in [6.07, 6.45) is -1.58. The first-order valence-electron chi connectivity index (χ1n) is 10.7. The Hall–Kier alpha value is -4.20.